The molecule has 0 aliphatic carbocycles. The van der Waals surface area contributed by atoms with Crippen LogP contribution in [0.5, 0.6) is 0 Å². The lowest BCUT2D eigenvalue weighted by molar-refractivity contribution is -0.137. The Morgan fingerprint density at radius 1 is 1.41 bits per heavy atom. The summed E-state index contributed by atoms with van der Waals surface area (Å²) in [5, 5.41) is 4.76. The minimum absolute atomic E-state index is 0.104. The van der Waals surface area contributed by atoms with Crippen molar-refractivity contribution in [1.82, 2.24) is 15.0 Å². The molecular formula is C21H28ClN3O2. The molecule has 2 atom stereocenters. The normalized spacial score (nSPS) is 18.5. The van der Waals surface area contributed by atoms with E-state index in [9.17, 15) is 4.79 Å². The standard InChI is InChI=1S/C21H28ClN3O2/c1-3-5-8-15(4-2)21(26)25-12-7-10-17(14-25)20-23-19(24-27-20)16-9-6-11-18(22)13-16/h6,9,11,13,15,17H,3-5,7-8,10,12,14H2,1-2H3/t15-,17+/m1/s1. The van der Waals surface area contributed by atoms with Gasteiger partial charge in [-0.2, -0.15) is 4.98 Å². The second-order valence-electron chi connectivity index (χ2n) is 7.34. The van der Waals surface area contributed by atoms with E-state index in [-0.39, 0.29) is 17.7 Å². The molecule has 0 radical (unpaired) electrons. The van der Waals surface area contributed by atoms with Gasteiger partial charge in [0.2, 0.25) is 17.6 Å². The number of amides is 1. The molecule has 2 aromatic rings. The van der Waals surface area contributed by atoms with Crippen molar-refractivity contribution in [2.75, 3.05) is 13.1 Å². The van der Waals surface area contributed by atoms with Crippen molar-refractivity contribution >= 4 is 17.5 Å². The molecule has 6 heteroatoms. The second kappa shape index (κ2) is 9.36. The van der Waals surface area contributed by atoms with E-state index >= 15 is 0 Å². The van der Waals surface area contributed by atoms with E-state index in [1.54, 1.807) is 0 Å². The fraction of sp³-hybridized carbons (Fsp3) is 0.571. The van der Waals surface area contributed by atoms with Gasteiger partial charge < -0.3 is 9.42 Å². The lowest BCUT2D eigenvalue weighted by Gasteiger charge is -2.33. The highest BCUT2D eigenvalue weighted by molar-refractivity contribution is 6.30. The highest BCUT2D eigenvalue weighted by atomic mass is 35.5. The Hall–Kier alpha value is -1.88. The van der Waals surface area contributed by atoms with Gasteiger partial charge in [0, 0.05) is 29.6 Å². The lowest BCUT2D eigenvalue weighted by atomic mass is 9.93. The maximum absolute atomic E-state index is 12.9. The first-order valence-corrected chi connectivity index (χ1v) is 10.4. The molecule has 1 aromatic heterocycles. The molecule has 1 aliphatic rings. The Morgan fingerprint density at radius 2 is 2.26 bits per heavy atom. The monoisotopic (exact) mass is 389 g/mol. The molecular weight excluding hydrogens is 362 g/mol. The van der Waals surface area contributed by atoms with Crippen molar-refractivity contribution in [2.24, 2.45) is 5.92 Å². The number of hydrogen-bond donors (Lipinski definition) is 0. The maximum Gasteiger partial charge on any atom is 0.231 e. The lowest BCUT2D eigenvalue weighted by Crippen LogP contribution is -2.42. The molecule has 27 heavy (non-hydrogen) atoms. The van der Waals surface area contributed by atoms with Crippen LogP contribution in [-0.2, 0) is 4.79 Å². The van der Waals surface area contributed by atoms with Crippen molar-refractivity contribution in [3.05, 3.63) is 35.2 Å². The zero-order chi connectivity index (χ0) is 19.2. The van der Waals surface area contributed by atoms with E-state index in [0.717, 1.165) is 50.6 Å². The van der Waals surface area contributed by atoms with Crippen LogP contribution in [0.15, 0.2) is 28.8 Å². The van der Waals surface area contributed by atoms with Crippen molar-refractivity contribution in [2.45, 2.75) is 58.3 Å². The molecule has 3 rings (SSSR count). The molecule has 0 spiro atoms. The van der Waals surface area contributed by atoms with Crippen LogP contribution in [0.2, 0.25) is 5.02 Å². The molecule has 0 saturated carbocycles. The number of carbonyl (C=O) groups is 1. The first-order chi connectivity index (χ1) is 13.1. The maximum atomic E-state index is 12.9. The van der Waals surface area contributed by atoms with Crippen LogP contribution in [0.4, 0.5) is 0 Å². The topological polar surface area (TPSA) is 59.2 Å². The average molecular weight is 390 g/mol. The van der Waals surface area contributed by atoms with Crippen molar-refractivity contribution in [3.8, 4) is 11.4 Å². The summed E-state index contributed by atoms with van der Waals surface area (Å²) < 4.78 is 5.54. The number of rotatable bonds is 7. The van der Waals surface area contributed by atoms with E-state index in [2.05, 4.69) is 24.0 Å². The quantitative estimate of drug-likeness (QED) is 0.643. The molecule has 1 amide bonds. The highest BCUT2D eigenvalue weighted by Crippen LogP contribution is 2.29. The van der Waals surface area contributed by atoms with Crippen LogP contribution in [0.3, 0.4) is 0 Å². The summed E-state index contributed by atoms with van der Waals surface area (Å²) in [6.45, 7) is 5.77. The van der Waals surface area contributed by atoms with Gasteiger partial charge in [-0.1, -0.05) is 55.6 Å². The molecule has 1 saturated heterocycles. The van der Waals surface area contributed by atoms with Gasteiger partial charge in [-0.3, -0.25) is 4.79 Å². The summed E-state index contributed by atoms with van der Waals surface area (Å²) in [4.78, 5) is 19.5. The van der Waals surface area contributed by atoms with Gasteiger partial charge in [0.25, 0.3) is 0 Å². The number of nitrogens with zero attached hydrogens (tertiary/aromatic N) is 3. The van der Waals surface area contributed by atoms with E-state index in [4.69, 9.17) is 16.1 Å². The molecule has 0 N–H and O–H groups in total. The number of benzene rings is 1. The minimum Gasteiger partial charge on any atom is -0.342 e. The number of halogens is 1. The van der Waals surface area contributed by atoms with Crippen LogP contribution in [0.25, 0.3) is 11.4 Å². The first-order valence-electron chi connectivity index (χ1n) is 10.0. The fourth-order valence-electron chi connectivity index (χ4n) is 3.74. The predicted molar refractivity (Wildman–Crippen MR) is 107 cm³/mol. The van der Waals surface area contributed by atoms with E-state index in [1.807, 2.05) is 29.2 Å². The summed E-state index contributed by atoms with van der Waals surface area (Å²) >= 11 is 6.05. The number of aromatic nitrogens is 2. The molecule has 2 heterocycles. The van der Waals surface area contributed by atoms with Gasteiger partial charge in [-0.05, 0) is 37.8 Å². The largest absolute Gasteiger partial charge is 0.342 e. The van der Waals surface area contributed by atoms with Gasteiger partial charge in [-0.15, -0.1) is 0 Å². The van der Waals surface area contributed by atoms with Gasteiger partial charge >= 0.3 is 0 Å². The highest BCUT2D eigenvalue weighted by Gasteiger charge is 2.31. The predicted octanol–water partition coefficient (Wildman–Crippen LogP) is 5.31. The molecule has 0 unspecified atom stereocenters. The zero-order valence-corrected chi connectivity index (χ0v) is 16.9. The van der Waals surface area contributed by atoms with Crippen LogP contribution in [-0.4, -0.2) is 34.0 Å². The molecule has 1 aliphatic heterocycles. The zero-order valence-electron chi connectivity index (χ0n) is 16.2. The summed E-state index contributed by atoms with van der Waals surface area (Å²) in [5.41, 5.74) is 0.840. The molecule has 0 bridgehead atoms. The van der Waals surface area contributed by atoms with Gasteiger partial charge in [0.05, 0.1) is 5.92 Å². The SMILES string of the molecule is CCCC[C@@H](CC)C(=O)N1CCC[C@H](c2nc(-c3cccc(Cl)c3)no2)C1. The Balaban J connectivity index is 1.68. The summed E-state index contributed by atoms with van der Waals surface area (Å²) in [6.07, 6.45) is 6.04. The third-order valence-electron chi connectivity index (χ3n) is 5.36. The van der Waals surface area contributed by atoms with E-state index < -0.39 is 0 Å². The smallest absolute Gasteiger partial charge is 0.231 e. The number of unbranched alkanes of at least 4 members (excludes halogenated alkanes) is 1. The average Bonchev–Trinajstić information content (AvgIpc) is 3.19. The Labute approximate surface area is 166 Å². The fourth-order valence-corrected chi connectivity index (χ4v) is 3.93. The van der Waals surface area contributed by atoms with Gasteiger partial charge in [-0.25, -0.2) is 0 Å². The number of hydrogen-bond acceptors (Lipinski definition) is 4. The molecule has 1 aromatic carbocycles. The van der Waals surface area contributed by atoms with Crippen molar-refractivity contribution in [1.29, 1.82) is 0 Å². The number of piperidine rings is 1. The summed E-state index contributed by atoms with van der Waals surface area (Å²) in [7, 11) is 0. The third kappa shape index (κ3) is 4.89. The number of carbonyl (C=O) groups excluding carboxylic acids is 1. The Morgan fingerprint density at radius 3 is 3.00 bits per heavy atom. The Bertz CT molecular complexity index is 761. The van der Waals surface area contributed by atoms with Crippen LogP contribution < -0.4 is 0 Å². The van der Waals surface area contributed by atoms with Crippen LogP contribution in [0.1, 0.15) is 64.2 Å². The number of likely N-dealkylation sites (tertiary alicyclic amines) is 1. The summed E-state index contributed by atoms with van der Waals surface area (Å²) in [5.74, 6) is 1.68. The van der Waals surface area contributed by atoms with Crippen molar-refractivity contribution in [3.63, 3.8) is 0 Å². The molecule has 5 nitrogen and oxygen atoms in total. The van der Waals surface area contributed by atoms with Crippen LogP contribution >= 0.6 is 11.6 Å². The molecule has 1 fully saturated rings. The van der Waals surface area contributed by atoms with Gasteiger partial charge in [0.1, 0.15) is 0 Å². The minimum atomic E-state index is 0.104. The van der Waals surface area contributed by atoms with E-state index in [1.165, 1.54) is 0 Å². The summed E-state index contributed by atoms with van der Waals surface area (Å²) in [6, 6.07) is 7.43. The second-order valence-corrected chi connectivity index (χ2v) is 7.77. The van der Waals surface area contributed by atoms with Gasteiger partial charge in [0.15, 0.2) is 0 Å². The van der Waals surface area contributed by atoms with Crippen LogP contribution in [0, 0.1) is 5.92 Å². The Kier molecular flexibility index (Phi) is 6.89. The van der Waals surface area contributed by atoms with E-state index in [0.29, 0.717) is 23.3 Å². The van der Waals surface area contributed by atoms with Crippen molar-refractivity contribution < 1.29 is 9.32 Å². The third-order valence-corrected chi connectivity index (χ3v) is 5.59. The molecule has 146 valence electrons. The first kappa shape index (κ1) is 19.9.